The standard InChI is InChI=1S/C27H16I2O3/c28-23-5-1-3-21(15-23)26(31)19-11-7-17(8-12-19)25(30)18-9-13-20(14-10-18)27(32)22-4-2-6-24(29)16-22/h1-16H. The highest BCUT2D eigenvalue weighted by Crippen LogP contribution is 2.18. The Kier molecular flexibility index (Phi) is 6.95. The summed E-state index contributed by atoms with van der Waals surface area (Å²) in [4.78, 5) is 38.2. The van der Waals surface area contributed by atoms with Crippen LogP contribution in [0.2, 0.25) is 0 Å². The first-order valence-corrected chi connectivity index (χ1v) is 11.9. The first-order chi connectivity index (χ1) is 15.4. The highest BCUT2D eigenvalue weighted by molar-refractivity contribution is 14.1. The Bertz CT molecular complexity index is 1220. The van der Waals surface area contributed by atoms with Crippen LogP contribution in [0.1, 0.15) is 47.8 Å². The van der Waals surface area contributed by atoms with Crippen LogP contribution < -0.4 is 0 Å². The summed E-state index contributed by atoms with van der Waals surface area (Å²) in [5.74, 6) is -0.326. The van der Waals surface area contributed by atoms with Gasteiger partial charge in [0.2, 0.25) is 0 Å². The van der Waals surface area contributed by atoms with Gasteiger partial charge in [-0.25, -0.2) is 0 Å². The number of hydrogen-bond acceptors (Lipinski definition) is 3. The van der Waals surface area contributed by atoms with Gasteiger partial charge in [0, 0.05) is 40.5 Å². The summed E-state index contributed by atoms with van der Waals surface area (Å²) in [6.45, 7) is 0. The van der Waals surface area contributed by atoms with E-state index < -0.39 is 0 Å². The van der Waals surface area contributed by atoms with Gasteiger partial charge in [0.05, 0.1) is 0 Å². The van der Waals surface area contributed by atoms with Crippen LogP contribution in [-0.4, -0.2) is 17.3 Å². The van der Waals surface area contributed by atoms with E-state index >= 15 is 0 Å². The Labute approximate surface area is 213 Å². The molecule has 0 N–H and O–H groups in total. The van der Waals surface area contributed by atoms with Gasteiger partial charge in [-0.05, 0) is 69.4 Å². The molecule has 0 aromatic heterocycles. The molecule has 0 amide bonds. The lowest BCUT2D eigenvalue weighted by Gasteiger charge is -2.06. The van der Waals surface area contributed by atoms with Crippen molar-refractivity contribution in [1.29, 1.82) is 0 Å². The van der Waals surface area contributed by atoms with Crippen LogP contribution in [-0.2, 0) is 0 Å². The third kappa shape index (κ3) is 5.05. The van der Waals surface area contributed by atoms with Crippen molar-refractivity contribution in [3.63, 3.8) is 0 Å². The molecular formula is C27H16I2O3. The van der Waals surface area contributed by atoms with Gasteiger partial charge in [0.15, 0.2) is 17.3 Å². The smallest absolute Gasteiger partial charge is 0.193 e. The van der Waals surface area contributed by atoms with Crippen molar-refractivity contribution in [3.05, 3.63) is 138 Å². The minimum atomic E-state index is -0.161. The van der Waals surface area contributed by atoms with Gasteiger partial charge in [0.1, 0.15) is 0 Å². The van der Waals surface area contributed by atoms with Crippen LogP contribution in [0.15, 0.2) is 97.1 Å². The molecule has 0 unspecified atom stereocenters. The molecule has 0 fully saturated rings. The van der Waals surface area contributed by atoms with E-state index in [9.17, 15) is 14.4 Å². The van der Waals surface area contributed by atoms with E-state index in [1.807, 2.05) is 36.4 Å². The van der Waals surface area contributed by atoms with Crippen LogP contribution in [0.5, 0.6) is 0 Å². The Balaban J connectivity index is 1.51. The first-order valence-electron chi connectivity index (χ1n) is 9.78. The van der Waals surface area contributed by atoms with Gasteiger partial charge < -0.3 is 0 Å². The molecule has 0 heterocycles. The van der Waals surface area contributed by atoms with E-state index in [1.54, 1.807) is 60.7 Å². The van der Waals surface area contributed by atoms with E-state index in [1.165, 1.54) is 0 Å². The average molecular weight is 642 g/mol. The molecule has 0 saturated carbocycles. The van der Waals surface area contributed by atoms with Crippen LogP contribution in [0.4, 0.5) is 0 Å². The molecule has 0 atom stereocenters. The predicted octanol–water partition coefficient (Wildman–Crippen LogP) is 6.59. The molecule has 0 bridgehead atoms. The van der Waals surface area contributed by atoms with Crippen molar-refractivity contribution in [2.75, 3.05) is 0 Å². The maximum Gasteiger partial charge on any atom is 0.193 e. The summed E-state index contributed by atoms with van der Waals surface area (Å²) in [7, 11) is 0. The third-order valence-corrected chi connectivity index (χ3v) is 6.33. The van der Waals surface area contributed by atoms with E-state index in [0.717, 1.165) is 7.14 Å². The maximum atomic E-state index is 12.9. The number of carbonyl (C=O) groups excluding carboxylic acids is 3. The minimum Gasteiger partial charge on any atom is -0.289 e. The quantitative estimate of drug-likeness (QED) is 0.176. The molecule has 0 radical (unpaired) electrons. The molecule has 5 heteroatoms. The summed E-state index contributed by atoms with van der Waals surface area (Å²) in [5.41, 5.74) is 3.26. The third-order valence-electron chi connectivity index (χ3n) is 4.99. The molecule has 156 valence electrons. The SMILES string of the molecule is O=C(c1ccc(C(=O)c2cccc(I)c2)cc1)c1ccc(C(=O)c2cccc(I)c2)cc1. The van der Waals surface area contributed by atoms with E-state index in [4.69, 9.17) is 0 Å². The highest BCUT2D eigenvalue weighted by Gasteiger charge is 2.14. The second kappa shape index (κ2) is 9.87. The fourth-order valence-electron chi connectivity index (χ4n) is 3.31. The average Bonchev–Trinajstić information content (AvgIpc) is 2.83. The monoisotopic (exact) mass is 642 g/mol. The van der Waals surface area contributed by atoms with Crippen LogP contribution >= 0.6 is 45.2 Å². The van der Waals surface area contributed by atoms with Gasteiger partial charge in [-0.1, -0.05) is 72.8 Å². The Morgan fingerprint density at radius 2 is 0.688 bits per heavy atom. The summed E-state index contributed by atoms with van der Waals surface area (Å²) >= 11 is 4.34. The lowest BCUT2D eigenvalue weighted by molar-refractivity contribution is 0.102. The number of benzene rings is 4. The highest BCUT2D eigenvalue weighted by atomic mass is 127. The van der Waals surface area contributed by atoms with Crippen LogP contribution in [0.3, 0.4) is 0 Å². The summed E-state index contributed by atoms with van der Waals surface area (Å²) in [5, 5.41) is 0. The zero-order valence-electron chi connectivity index (χ0n) is 16.7. The zero-order chi connectivity index (χ0) is 22.7. The van der Waals surface area contributed by atoms with Crippen molar-refractivity contribution in [3.8, 4) is 0 Å². The molecule has 0 aliphatic heterocycles. The van der Waals surface area contributed by atoms with Crippen molar-refractivity contribution in [1.82, 2.24) is 0 Å². The molecule has 4 aromatic carbocycles. The molecular weight excluding hydrogens is 626 g/mol. The van der Waals surface area contributed by atoms with Gasteiger partial charge >= 0.3 is 0 Å². The first kappa shape index (κ1) is 22.5. The summed E-state index contributed by atoms with van der Waals surface area (Å²) in [6, 6.07) is 28.1. The number of ketones is 3. The molecule has 4 rings (SSSR count). The number of carbonyl (C=O) groups is 3. The lowest BCUT2D eigenvalue weighted by atomic mass is 9.97. The van der Waals surface area contributed by atoms with E-state index in [-0.39, 0.29) is 17.3 Å². The number of halogens is 2. The molecule has 0 aliphatic carbocycles. The summed E-state index contributed by atoms with van der Waals surface area (Å²) in [6.07, 6.45) is 0. The van der Waals surface area contributed by atoms with Crippen molar-refractivity contribution < 1.29 is 14.4 Å². The predicted molar refractivity (Wildman–Crippen MR) is 141 cm³/mol. The topological polar surface area (TPSA) is 51.2 Å². The minimum absolute atomic E-state index is 0.0825. The fourth-order valence-corrected chi connectivity index (χ4v) is 4.39. The van der Waals surface area contributed by atoms with Gasteiger partial charge in [-0.15, -0.1) is 0 Å². The van der Waals surface area contributed by atoms with Gasteiger partial charge in [-0.3, -0.25) is 14.4 Å². The molecule has 0 spiro atoms. The Morgan fingerprint density at radius 1 is 0.406 bits per heavy atom. The van der Waals surface area contributed by atoms with Gasteiger partial charge in [0.25, 0.3) is 0 Å². The van der Waals surface area contributed by atoms with Crippen LogP contribution in [0.25, 0.3) is 0 Å². The van der Waals surface area contributed by atoms with E-state index in [0.29, 0.717) is 33.4 Å². The largest absolute Gasteiger partial charge is 0.289 e. The van der Waals surface area contributed by atoms with Gasteiger partial charge in [-0.2, -0.15) is 0 Å². The second-order valence-corrected chi connectivity index (χ2v) is 9.65. The molecule has 0 saturated heterocycles. The van der Waals surface area contributed by atoms with Crippen molar-refractivity contribution >= 4 is 62.5 Å². The second-order valence-electron chi connectivity index (χ2n) is 7.16. The fraction of sp³-hybridized carbons (Fsp3) is 0. The lowest BCUT2D eigenvalue weighted by Crippen LogP contribution is -2.06. The zero-order valence-corrected chi connectivity index (χ0v) is 21.0. The number of hydrogen-bond donors (Lipinski definition) is 0. The maximum absolute atomic E-state index is 12.9. The Morgan fingerprint density at radius 3 is 0.969 bits per heavy atom. The molecule has 4 aromatic rings. The van der Waals surface area contributed by atoms with Crippen molar-refractivity contribution in [2.45, 2.75) is 0 Å². The summed E-state index contributed by atoms with van der Waals surface area (Å²) < 4.78 is 1.98. The Hall–Kier alpha value is -2.65. The van der Waals surface area contributed by atoms with E-state index in [2.05, 4.69) is 45.2 Å². The van der Waals surface area contributed by atoms with Crippen LogP contribution in [0, 0.1) is 7.14 Å². The molecule has 3 nitrogen and oxygen atoms in total. The molecule has 32 heavy (non-hydrogen) atoms. The van der Waals surface area contributed by atoms with Crippen molar-refractivity contribution in [2.24, 2.45) is 0 Å². The molecule has 0 aliphatic rings. The normalized spacial score (nSPS) is 10.6. The number of rotatable bonds is 6.